The molecule has 1 heterocycles. The Labute approximate surface area is 112 Å². The summed E-state index contributed by atoms with van der Waals surface area (Å²) in [5, 5.41) is 0. The summed E-state index contributed by atoms with van der Waals surface area (Å²) in [6, 6.07) is 6.34. The molecule has 0 radical (unpaired) electrons. The first-order valence-electron chi connectivity index (χ1n) is 6.41. The minimum Gasteiger partial charge on any atom is -0.369 e. The number of nitrogens with two attached hydrogens (primary N) is 1. The normalized spacial score (nSPS) is 17.9. The largest absolute Gasteiger partial charge is 0.369 e. The van der Waals surface area contributed by atoms with E-state index in [1.54, 1.807) is 0 Å². The van der Waals surface area contributed by atoms with Gasteiger partial charge in [0.1, 0.15) is 0 Å². The van der Waals surface area contributed by atoms with Gasteiger partial charge in [0, 0.05) is 11.3 Å². The minimum absolute atomic E-state index is 0.380. The first-order valence-corrected chi connectivity index (χ1v) is 7.64. The van der Waals surface area contributed by atoms with E-state index in [4.69, 9.17) is 5.73 Å². The zero-order valence-electron chi connectivity index (χ0n) is 10.9. The Hall–Kier alpha value is -1.16. The summed E-state index contributed by atoms with van der Waals surface area (Å²) in [7, 11) is 0. The van der Waals surface area contributed by atoms with E-state index in [1.165, 1.54) is 30.3 Å². The van der Waals surface area contributed by atoms with Gasteiger partial charge in [-0.15, -0.1) is 0 Å². The maximum atomic E-state index is 6.09. The molecule has 4 heteroatoms. The fourth-order valence-electron chi connectivity index (χ4n) is 2.70. The molecule has 1 aliphatic rings. The summed E-state index contributed by atoms with van der Waals surface area (Å²) in [6.45, 7) is 3.10. The van der Waals surface area contributed by atoms with Crippen LogP contribution in [0.2, 0.25) is 0 Å². The predicted octanol–water partition coefficient (Wildman–Crippen LogP) is 3.21. The van der Waals surface area contributed by atoms with Crippen LogP contribution in [0.1, 0.15) is 24.8 Å². The van der Waals surface area contributed by atoms with Gasteiger partial charge in [-0.25, -0.2) is 4.98 Å². The number of benzene rings is 1. The molecule has 0 spiro atoms. The second kappa shape index (κ2) is 4.19. The minimum atomic E-state index is 0.380. The average molecular weight is 261 g/mol. The third-order valence-corrected chi connectivity index (χ3v) is 5.48. The molecule has 2 aromatic rings. The van der Waals surface area contributed by atoms with Gasteiger partial charge in [0.2, 0.25) is 5.95 Å². The molecule has 18 heavy (non-hydrogen) atoms. The highest BCUT2D eigenvalue weighted by atomic mass is 32.2. The Kier molecular flexibility index (Phi) is 2.77. The van der Waals surface area contributed by atoms with Crippen molar-refractivity contribution in [1.82, 2.24) is 9.55 Å². The van der Waals surface area contributed by atoms with E-state index in [1.807, 2.05) is 11.8 Å². The molecule has 1 aromatic heterocycles. The smallest absolute Gasteiger partial charge is 0.201 e. The Morgan fingerprint density at radius 3 is 2.83 bits per heavy atom. The molecule has 2 N–H and O–H groups in total. The monoisotopic (exact) mass is 261 g/mol. The van der Waals surface area contributed by atoms with Crippen LogP contribution >= 0.6 is 11.8 Å². The summed E-state index contributed by atoms with van der Waals surface area (Å²) in [5.74, 6) is 0.649. The van der Waals surface area contributed by atoms with E-state index in [2.05, 4.69) is 40.9 Å². The maximum Gasteiger partial charge on any atom is 0.201 e. The van der Waals surface area contributed by atoms with E-state index in [9.17, 15) is 0 Å². The van der Waals surface area contributed by atoms with Gasteiger partial charge in [0.25, 0.3) is 0 Å². The number of imidazole rings is 1. The van der Waals surface area contributed by atoms with Crippen molar-refractivity contribution in [3.05, 3.63) is 23.8 Å². The van der Waals surface area contributed by atoms with Gasteiger partial charge >= 0.3 is 0 Å². The molecule has 0 aliphatic heterocycles. The maximum absolute atomic E-state index is 6.09. The van der Waals surface area contributed by atoms with Crippen molar-refractivity contribution in [3.63, 3.8) is 0 Å². The molecular weight excluding hydrogens is 242 g/mol. The molecule has 0 atom stereocenters. The van der Waals surface area contributed by atoms with Crippen LogP contribution in [0.15, 0.2) is 18.2 Å². The molecule has 1 aromatic carbocycles. The van der Waals surface area contributed by atoms with E-state index in [0.29, 0.717) is 10.7 Å². The quantitative estimate of drug-likeness (QED) is 0.922. The van der Waals surface area contributed by atoms with E-state index in [0.717, 1.165) is 12.1 Å². The van der Waals surface area contributed by atoms with Crippen molar-refractivity contribution < 1.29 is 0 Å². The van der Waals surface area contributed by atoms with Crippen LogP contribution < -0.4 is 5.73 Å². The van der Waals surface area contributed by atoms with Gasteiger partial charge in [-0.3, -0.25) is 0 Å². The lowest BCUT2D eigenvalue weighted by molar-refractivity contribution is 0.326. The summed E-state index contributed by atoms with van der Waals surface area (Å²) >= 11 is 1.97. The van der Waals surface area contributed by atoms with Gasteiger partial charge in [-0.1, -0.05) is 12.5 Å². The fraction of sp³-hybridized carbons (Fsp3) is 0.500. The zero-order valence-corrected chi connectivity index (χ0v) is 11.8. The number of rotatable bonds is 3. The van der Waals surface area contributed by atoms with Crippen molar-refractivity contribution in [2.75, 3.05) is 12.0 Å². The van der Waals surface area contributed by atoms with Gasteiger partial charge in [0.05, 0.1) is 11.0 Å². The van der Waals surface area contributed by atoms with Gasteiger partial charge in [0.15, 0.2) is 0 Å². The third-order valence-electron chi connectivity index (χ3n) is 4.08. The number of hydrogen-bond donors (Lipinski definition) is 1. The van der Waals surface area contributed by atoms with Crippen LogP contribution in [0, 0.1) is 6.92 Å². The molecule has 1 fully saturated rings. The van der Waals surface area contributed by atoms with Crippen molar-refractivity contribution in [2.24, 2.45) is 0 Å². The van der Waals surface area contributed by atoms with Gasteiger partial charge in [-0.2, -0.15) is 11.8 Å². The fourth-order valence-corrected chi connectivity index (χ4v) is 3.66. The number of aryl methyl sites for hydroxylation is 1. The number of thioether (sulfide) groups is 1. The molecule has 0 amide bonds. The highest BCUT2D eigenvalue weighted by molar-refractivity contribution is 8.00. The Morgan fingerprint density at radius 2 is 2.22 bits per heavy atom. The Morgan fingerprint density at radius 1 is 1.44 bits per heavy atom. The van der Waals surface area contributed by atoms with Crippen molar-refractivity contribution in [1.29, 1.82) is 0 Å². The first kappa shape index (κ1) is 11.9. The molecule has 3 nitrogen and oxygen atoms in total. The van der Waals surface area contributed by atoms with Crippen molar-refractivity contribution >= 4 is 28.7 Å². The van der Waals surface area contributed by atoms with Crippen LogP contribution in [0.3, 0.4) is 0 Å². The second-order valence-electron chi connectivity index (χ2n) is 5.29. The van der Waals surface area contributed by atoms with Gasteiger partial charge in [-0.05, 0) is 43.7 Å². The standard InChI is InChI=1S/C14H19N3S/c1-10-4-5-11-12(8-10)17(13(15)16-11)9-14(18-2)6-3-7-14/h4-5,8H,3,6-7,9H2,1-2H3,(H2,15,16). The molecule has 0 unspecified atom stereocenters. The third kappa shape index (κ3) is 1.79. The lowest BCUT2D eigenvalue weighted by Gasteiger charge is -2.40. The van der Waals surface area contributed by atoms with E-state index < -0.39 is 0 Å². The molecule has 1 aliphatic carbocycles. The second-order valence-corrected chi connectivity index (χ2v) is 6.56. The zero-order chi connectivity index (χ0) is 12.8. The molecule has 0 bridgehead atoms. The number of anilines is 1. The van der Waals surface area contributed by atoms with Crippen molar-refractivity contribution in [2.45, 2.75) is 37.5 Å². The van der Waals surface area contributed by atoms with E-state index >= 15 is 0 Å². The lowest BCUT2D eigenvalue weighted by Crippen LogP contribution is -2.38. The molecule has 1 saturated carbocycles. The number of fused-ring (bicyclic) bond motifs is 1. The van der Waals surface area contributed by atoms with Crippen LogP contribution in [0.4, 0.5) is 5.95 Å². The summed E-state index contributed by atoms with van der Waals surface area (Å²) in [4.78, 5) is 4.46. The number of aromatic nitrogens is 2. The molecule has 0 saturated heterocycles. The molecular formula is C14H19N3S. The average Bonchev–Trinajstić information content (AvgIpc) is 2.60. The lowest BCUT2D eigenvalue weighted by atomic mass is 9.84. The highest BCUT2D eigenvalue weighted by Crippen LogP contribution is 2.44. The van der Waals surface area contributed by atoms with Crippen LogP contribution in [-0.2, 0) is 6.54 Å². The van der Waals surface area contributed by atoms with Crippen LogP contribution in [-0.4, -0.2) is 20.6 Å². The summed E-state index contributed by atoms with van der Waals surface area (Å²) in [6.07, 6.45) is 6.13. The topological polar surface area (TPSA) is 43.8 Å². The highest BCUT2D eigenvalue weighted by Gasteiger charge is 2.37. The Bertz CT molecular complexity index is 578. The number of nitrogens with zero attached hydrogens (tertiary/aromatic N) is 2. The van der Waals surface area contributed by atoms with Crippen LogP contribution in [0.5, 0.6) is 0 Å². The van der Waals surface area contributed by atoms with Crippen LogP contribution in [0.25, 0.3) is 11.0 Å². The molecule has 96 valence electrons. The molecule has 3 rings (SSSR count). The van der Waals surface area contributed by atoms with Gasteiger partial charge < -0.3 is 10.3 Å². The predicted molar refractivity (Wildman–Crippen MR) is 79.0 cm³/mol. The SMILES string of the molecule is CSC1(Cn2c(N)nc3ccc(C)cc32)CCC1. The number of hydrogen-bond acceptors (Lipinski definition) is 3. The summed E-state index contributed by atoms with van der Waals surface area (Å²) < 4.78 is 2.57. The van der Waals surface area contributed by atoms with E-state index in [-0.39, 0.29) is 0 Å². The summed E-state index contributed by atoms with van der Waals surface area (Å²) in [5.41, 5.74) is 9.53. The number of nitrogen functional groups attached to an aromatic ring is 1. The van der Waals surface area contributed by atoms with Crippen molar-refractivity contribution in [3.8, 4) is 0 Å². The Balaban J connectivity index is 2.05. The first-order chi connectivity index (χ1) is 8.63.